The van der Waals surface area contributed by atoms with Gasteiger partial charge in [0.1, 0.15) is 0 Å². The number of fused-ring (bicyclic) bond motifs is 2. The average molecular weight is 169 g/mol. The molecule has 1 saturated heterocycles. The van der Waals surface area contributed by atoms with Gasteiger partial charge >= 0.3 is 0 Å². The third kappa shape index (κ3) is 2.01. The molecule has 0 aromatic heterocycles. The summed E-state index contributed by atoms with van der Waals surface area (Å²) < 4.78 is 0. The Hall–Kier alpha value is -0.0400. The first-order valence-electron chi connectivity index (χ1n) is 5.44. The Balaban J connectivity index is 0.000000336. The number of hydrogen-bond donors (Lipinski definition) is 0. The molecule has 12 heavy (non-hydrogen) atoms. The molecular formula is C11H23N. The summed E-state index contributed by atoms with van der Waals surface area (Å²) in [6.07, 6.45) is 3.01. The van der Waals surface area contributed by atoms with Gasteiger partial charge in [-0.15, -0.1) is 0 Å². The highest BCUT2D eigenvalue weighted by Crippen LogP contribution is 2.39. The minimum Gasteiger partial charge on any atom is -0.306 e. The lowest BCUT2D eigenvalue weighted by molar-refractivity contribution is 0.194. The zero-order chi connectivity index (χ0) is 9.14. The van der Waals surface area contributed by atoms with Crippen molar-refractivity contribution in [3.63, 3.8) is 0 Å². The van der Waals surface area contributed by atoms with E-state index in [0.717, 1.165) is 17.8 Å². The Bertz CT molecular complexity index is 128. The van der Waals surface area contributed by atoms with Gasteiger partial charge in [-0.25, -0.2) is 0 Å². The first-order valence-corrected chi connectivity index (χ1v) is 5.44. The molecule has 2 rings (SSSR count). The lowest BCUT2D eigenvalue weighted by atomic mass is 9.96. The summed E-state index contributed by atoms with van der Waals surface area (Å²) in [5.41, 5.74) is 0. The molecule has 2 fully saturated rings. The van der Waals surface area contributed by atoms with Gasteiger partial charge < -0.3 is 4.90 Å². The topological polar surface area (TPSA) is 3.24 Å². The van der Waals surface area contributed by atoms with E-state index in [1.54, 1.807) is 0 Å². The van der Waals surface area contributed by atoms with Gasteiger partial charge in [-0.1, -0.05) is 20.8 Å². The van der Waals surface area contributed by atoms with E-state index in [9.17, 15) is 0 Å². The van der Waals surface area contributed by atoms with Crippen LogP contribution in [0.15, 0.2) is 0 Å². The monoisotopic (exact) mass is 169 g/mol. The van der Waals surface area contributed by atoms with Gasteiger partial charge in [-0.3, -0.25) is 0 Å². The third-order valence-electron chi connectivity index (χ3n) is 3.26. The summed E-state index contributed by atoms with van der Waals surface area (Å²) in [6, 6.07) is 0. The maximum Gasteiger partial charge on any atom is 0.000938 e. The number of rotatable bonds is 0. The summed E-state index contributed by atoms with van der Waals surface area (Å²) in [5, 5.41) is 0. The zero-order valence-corrected chi connectivity index (χ0v) is 9.01. The van der Waals surface area contributed by atoms with Crippen molar-refractivity contribution in [3.05, 3.63) is 0 Å². The van der Waals surface area contributed by atoms with Crippen LogP contribution in [-0.4, -0.2) is 25.0 Å². The van der Waals surface area contributed by atoms with Crippen LogP contribution in [0.1, 0.15) is 33.6 Å². The van der Waals surface area contributed by atoms with Crippen molar-refractivity contribution >= 4 is 0 Å². The van der Waals surface area contributed by atoms with Crippen molar-refractivity contribution in [3.8, 4) is 0 Å². The smallest absolute Gasteiger partial charge is 0.000938 e. The van der Waals surface area contributed by atoms with Crippen LogP contribution in [0.4, 0.5) is 0 Å². The van der Waals surface area contributed by atoms with Crippen LogP contribution in [0, 0.1) is 17.8 Å². The van der Waals surface area contributed by atoms with E-state index >= 15 is 0 Å². The molecule has 0 N–H and O–H groups in total. The fraction of sp³-hybridized carbons (Fsp3) is 1.00. The first kappa shape index (κ1) is 10.0. The Morgan fingerprint density at radius 2 is 1.75 bits per heavy atom. The van der Waals surface area contributed by atoms with E-state index < -0.39 is 0 Å². The number of hydrogen-bond acceptors (Lipinski definition) is 1. The van der Waals surface area contributed by atoms with Gasteiger partial charge in [0, 0.05) is 13.1 Å². The number of piperidine rings is 1. The fourth-order valence-corrected chi connectivity index (χ4v) is 2.79. The predicted molar refractivity (Wildman–Crippen MR) is 54.2 cm³/mol. The Labute approximate surface area is 77.1 Å². The summed E-state index contributed by atoms with van der Waals surface area (Å²) in [5.74, 6) is 3.08. The lowest BCUT2D eigenvalue weighted by Crippen LogP contribution is -2.33. The minimum absolute atomic E-state index is 1.01. The van der Waals surface area contributed by atoms with E-state index in [0.29, 0.717) is 0 Å². The zero-order valence-electron chi connectivity index (χ0n) is 9.01. The molecule has 0 aromatic rings. The standard InChI is InChI=1S/C9H17N.C2H6/c1-7-3-8-4-9(7)6-10(2)5-8;1-2/h7-9H,3-6H2,1-2H3;1-2H3. The predicted octanol–water partition coefficient (Wildman–Crippen LogP) is 2.62. The Kier molecular flexibility index (Phi) is 3.57. The fourth-order valence-electron chi connectivity index (χ4n) is 2.79. The highest BCUT2D eigenvalue weighted by molar-refractivity contribution is 4.88. The van der Waals surface area contributed by atoms with Crippen LogP contribution in [0.2, 0.25) is 0 Å². The van der Waals surface area contributed by atoms with Crippen LogP contribution < -0.4 is 0 Å². The average Bonchev–Trinajstić information content (AvgIpc) is 2.30. The molecule has 0 amide bonds. The number of likely N-dealkylation sites (tertiary alicyclic amines) is 1. The second kappa shape index (κ2) is 4.27. The Morgan fingerprint density at radius 3 is 2.33 bits per heavy atom. The van der Waals surface area contributed by atoms with E-state index in [1.165, 1.54) is 25.9 Å². The largest absolute Gasteiger partial charge is 0.306 e. The van der Waals surface area contributed by atoms with Crippen LogP contribution in [0.25, 0.3) is 0 Å². The molecule has 1 heteroatoms. The van der Waals surface area contributed by atoms with Gasteiger partial charge in [-0.2, -0.15) is 0 Å². The van der Waals surface area contributed by atoms with Crippen LogP contribution in [0.3, 0.4) is 0 Å². The van der Waals surface area contributed by atoms with Crippen LogP contribution in [-0.2, 0) is 0 Å². The van der Waals surface area contributed by atoms with Gasteiger partial charge in [0.25, 0.3) is 0 Å². The van der Waals surface area contributed by atoms with E-state index in [2.05, 4.69) is 18.9 Å². The van der Waals surface area contributed by atoms with E-state index in [4.69, 9.17) is 0 Å². The minimum atomic E-state index is 1.01. The Morgan fingerprint density at radius 1 is 1.08 bits per heavy atom. The molecule has 2 bridgehead atoms. The molecule has 0 spiro atoms. The summed E-state index contributed by atoms with van der Waals surface area (Å²) >= 11 is 0. The van der Waals surface area contributed by atoms with Gasteiger partial charge in [-0.05, 0) is 37.6 Å². The molecule has 0 aromatic carbocycles. The molecule has 1 aliphatic heterocycles. The molecule has 72 valence electrons. The van der Waals surface area contributed by atoms with Crippen molar-refractivity contribution < 1.29 is 0 Å². The van der Waals surface area contributed by atoms with Crippen molar-refractivity contribution in [1.29, 1.82) is 0 Å². The lowest BCUT2D eigenvalue weighted by Gasteiger charge is -2.28. The summed E-state index contributed by atoms with van der Waals surface area (Å²) in [4.78, 5) is 2.50. The van der Waals surface area contributed by atoms with Crippen LogP contribution in [0.5, 0.6) is 0 Å². The van der Waals surface area contributed by atoms with Crippen LogP contribution >= 0.6 is 0 Å². The first-order chi connectivity index (χ1) is 5.75. The number of nitrogens with zero attached hydrogens (tertiary/aromatic N) is 1. The molecule has 3 unspecified atom stereocenters. The molecule has 1 heterocycles. The normalized spacial score (nSPS) is 40.5. The molecule has 0 radical (unpaired) electrons. The molecule has 2 aliphatic rings. The molecular weight excluding hydrogens is 146 g/mol. The van der Waals surface area contributed by atoms with Crippen molar-refractivity contribution in [2.24, 2.45) is 17.8 Å². The quantitative estimate of drug-likeness (QED) is 0.539. The highest BCUT2D eigenvalue weighted by atomic mass is 15.1. The SMILES string of the molecule is CC.CC1CC2CC1CN(C)C2. The van der Waals surface area contributed by atoms with E-state index in [1.807, 2.05) is 13.8 Å². The third-order valence-corrected chi connectivity index (χ3v) is 3.26. The molecule has 3 atom stereocenters. The summed E-state index contributed by atoms with van der Waals surface area (Å²) in [7, 11) is 2.26. The van der Waals surface area contributed by atoms with Gasteiger partial charge in [0.2, 0.25) is 0 Å². The van der Waals surface area contributed by atoms with Crippen molar-refractivity contribution in [2.75, 3.05) is 20.1 Å². The van der Waals surface area contributed by atoms with Crippen molar-refractivity contribution in [2.45, 2.75) is 33.6 Å². The molecule has 1 aliphatic carbocycles. The molecule has 1 saturated carbocycles. The highest BCUT2D eigenvalue weighted by Gasteiger charge is 2.36. The van der Waals surface area contributed by atoms with E-state index in [-0.39, 0.29) is 0 Å². The second-order valence-electron chi connectivity index (χ2n) is 4.30. The summed E-state index contributed by atoms with van der Waals surface area (Å²) in [6.45, 7) is 9.14. The van der Waals surface area contributed by atoms with Crippen molar-refractivity contribution in [1.82, 2.24) is 4.90 Å². The maximum atomic E-state index is 2.50. The van der Waals surface area contributed by atoms with Gasteiger partial charge in [0.15, 0.2) is 0 Å². The van der Waals surface area contributed by atoms with Gasteiger partial charge in [0.05, 0.1) is 0 Å². The molecule has 1 nitrogen and oxygen atoms in total. The maximum absolute atomic E-state index is 2.50. The second-order valence-corrected chi connectivity index (χ2v) is 4.30.